The lowest BCUT2D eigenvalue weighted by molar-refractivity contribution is 0.258. The maximum atomic E-state index is 5.69. The van der Waals surface area contributed by atoms with E-state index in [1.807, 2.05) is 0 Å². The van der Waals surface area contributed by atoms with Gasteiger partial charge in [0, 0.05) is 0 Å². The van der Waals surface area contributed by atoms with Crippen LogP contribution in [0.1, 0.15) is 26.2 Å². The lowest BCUT2D eigenvalue weighted by atomic mass is 9.83. The molecule has 0 saturated carbocycles. The van der Waals surface area contributed by atoms with Gasteiger partial charge in [-0.25, -0.2) is 0 Å². The molecule has 0 spiro atoms. The Labute approximate surface area is 69.5 Å². The molecule has 0 bridgehead atoms. The largest absolute Gasteiger partial charge is 0.330 e. The first-order valence-electron chi connectivity index (χ1n) is 4.79. The van der Waals surface area contributed by atoms with Gasteiger partial charge in [0.1, 0.15) is 0 Å². The number of nitrogens with two attached hydrogens (primary N) is 1. The predicted molar refractivity (Wildman–Crippen MR) is 48.4 cm³/mol. The first-order chi connectivity index (χ1) is 5.38. The third-order valence-corrected chi connectivity index (χ3v) is 2.88. The Hall–Kier alpha value is -0.0800. The smallest absolute Gasteiger partial charge is 0.00462 e. The molecule has 1 rings (SSSR count). The molecule has 1 saturated heterocycles. The van der Waals surface area contributed by atoms with E-state index in [0.717, 1.165) is 18.4 Å². The van der Waals surface area contributed by atoms with Crippen LogP contribution in [0.4, 0.5) is 0 Å². The lowest BCUT2D eigenvalue weighted by Gasteiger charge is -2.29. The van der Waals surface area contributed by atoms with Crippen molar-refractivity contribution in [2.45, 2.75) is 26.2 Å². The highest BCUT2D eigenvalue weighted by molar-refractivity contribution is 4.75. The molecule has 11 heavy (non-hydrogen) atoms. The van der Waals surface area contributed by atoms with Gasteiger partial charge in [-0.05, 0) is 44.3 Å². The lowest BCUT2D eigenvalue weighted by Crippen LogP contribution is -2.34. The Morgan fingerprint density at radius 3 is 2.55 bits per heavy atom. The molecule has 0 aliphatic carbocycles. The number of piperidine rings is 1. The summed E-state index contributed by atoms with van der Waals surface area (Å²) in [6.07, 6.45) is 3.91. The van der Waals surface area contributed by atoms with E-state index in [1.165, 1.54) is 32.4 Å². The fourth-order valence-corrected chi connectivity index (χ4v) is 2.01. The third-order valence-electron chi connectivity index (χ3n) is 2.88. The maximum Gasteiger partial charge on any atom is -0.00462 e. The number of rotatable bonds is 3. The van der Waals surface area contributed by atoms with Gasteiger partial charge in [0.25, 0.3) is 0 Å². The SMILES string of the molecule is CCC(CN)C1CCNCC1. The summed E-state index contributed by atoms with van der Waals surface area (Å²) in [7, 11) is 0. The third kappa shape index (κ3) is 2.46. The Morgan fingerprint density at radius 1 is 1.45 bits per heavy atom. The fraction of sp³-hybridized carbons (Fsp3) is 1.00. The van der Waals surface area contributed by atoms with Gasteiger partial charge in [0.05, 0.1) is 0 Å². The topological polar surface area (TPSA) is 38.0 Å². The average Bonchev–Trinajstić information content (AvgIpc) is 2.09. The summed E-state index contributed by atoms with van der Waals surface area (Å²) in [6, 6.07) is 0. The van der Waals surface area contributed by atoms with E-state index in [1.54, 1.807) is 0 Å². The van der Waals surface area contributed by atoms with E-state index >= 15 is 0 Å². The standard InChI is InChI=1S/C9H20N2/c1-2-8(7-10)9-3-5-11-6-4-9/h8-9,11H,2-7,10H2,1H3. The van der Waals surface area contributed by atoms with Crippen LogP contribution in [0.15, 0.2) is 0 Å². The van der Waals surface area contributed by atoms with Crippen molar-refractivity contribution in [2.24, 2.45) is 17.6 Å². The van der Waals surface area contributed by atoms with Crippen molar-refractivity contribution >= 4 is 0 Å². The second-order valence-corrected chi connectivity index (χ2v) is 3.49. The summed E-state index contributed by atoms with van der Waals surface area (Å²) in [5, 5.41) is 3.38. The van der Waals surface area contributed by atoms with Gasteiger partial charge >= 0.3 is 0 Å². The molecule has 1 atom stereocenters. The van der Waals surface area contributed by atoms with E-state index in [-0.39, 0.29) is 0 Å². The van der Waals surface area contributed by atoms with E-state index < -0.39 is 0 Å². The van der Waals surface area contributed by atoms with Crippen molar-refractivity contribution in [3.63, 3.8) is 0 Å². The molecule has 0 amide bonds. The molecule has 0 aromatic carbocycles. The number of nitrogens with one attached hydrogen (secondary N) is 1. The fourth-order valence-electron chi connectivity index (χ4n) is 2.01. The summed E-state index contributed by atoms with van der Waals surface area (Å²) in [6.45, 7) is 5.52. The highest BCUT2D eigenvalue weighted by Gasteiger charge is 2.20. The molecule has 2 heteroatoms. The van der Waals surface area contributed by atoms with E-state index in [9.17, 15) is 0 Å². The van der Waals surface area contributed by atoms with Crippen LogP contribution in [0.3, 0.4) is 0 Å². The molecule has 1 unspecified atom stereocenters. The molecule has 0 aromatic heterocycles. The molecule has 1 heterocycles. The minimum Gasteiger partial charge on any atom is -0.330 e. The van der Waals surface area contributed by atoms with Crippen LogP contribution in [-0.4, -0.2) is 19.6 Å². The van der Waals surface area contributed by atoms with Crippen LogP contribution in [0.2, 0.25) is 0 Å². The normalized spacial score (nSPS) is 23.5. The highest BCUT2D eigenvalue weighted by atomic mass is 14.9. The van der Waals surface area contributed by atoms with Gasteiger partial charge in [-0.15, -0.1) is 0 Å². The van der Waals surface area contributed by atoms with Crippen LogP contribution >= 0.6 is 0 Å². The minimum atomic E-state index is 0.775. The van der Waals surface area contributed by atoms with Gasteiger partial charge < -0.3 is 11.1 Å². The van der Waals surface area contributed by atoms with Crippen molar-refractivity contribution in [3.8, 4) is 0 Å². The zero-order valence-electron chi connectivity index (χ0n) is 7.47. The van der Waals surface area contributed by atoms with Crippen molar-refractivity contribution in [1.29, 1.82) is 0 Å². The van der Waals surface area contributed by atoms with E-state index in [0.29, 0.717) is 0 Å². The molecule has 1 aliphatic heterocycles. The van der Waals surface area contributed by atoms with Crippen molar-refractivity contribution in [1.82, 2.24) is 5.32 Å². The van der Waals surface area contributed by atoms with E-state index in [2.05, 4.69) is 12.2 Å². The first-order valence-corrected chi connectivity index (χ1v) is 4.79. The summed E-state index contributed by atoms with van der Waals surface area (Å²) >= 11 is 0. The predicted octanol–water partition coefficient (Wildman–Crippen LogP) is 0.971. The first kappa shape index (κ1) is 9.01. The molecular formula is C9H20N2. The summed E-state index contributed by atoms with van der Waals surface area (Å²) in [5.74, 6) is 1.67. The maximum absolute atomic E-state index is 5.69. The van der Waals surface area contributed by atoms with E-state index in [4.69, 9.17) is 5.73 Å². The minimum absolute atomic E-state index is 0.775. The van der Waals surface area contributed by atoms with Gasteiger partial charge in [-0.2, -0.15) is 0 Å². The molecule has 1 aliphatic rings. The van der Waals surface area contributed by atoms with Crippen LogP contribution in [0, 0.1) is 11.8 Å². The monoisotopic (exact) mass is 156 g/mol. The van der Waals surface area contributed by atoms with Crippen molar-refractivity contribution in [3.05, 3.63) is 0 Å². The van der Waals surface area contributed by atoms with Crippen LogP contribution in [0.25, 0.3) is 0 Å². The Kier molecular flexibility index (Phi) is 3.87. The zero-order chi connectivity index (χ0) is 8.10. The molecule has 0 radical (unpaired) electrons. The van der Waals surface area contributed by atoms with Crippen molar-refractivity contribution < 1.29 is 0 Å². The van der Waals surface area contributed by atoms with Crippen LogP contribution in [-0.2, 0) is 0 Å². The zero-order valence-corrected chi connectivity index (χ0v) is 7.47. The summed E-state index contributed by atoms with van der Waals surface area (Å²) < 4.78 is 0. The van der Waals surface area contributed by atoms with Gasteiger partial charge in [-0.1, -0.05) is 13.3 Å². The molecule has 0 aromatic rings. The summed E-state index contributed by atoms with van der Waals surface area (Å²) in [4.78, 5) is 0. The van der Waals surface area contributed by atoms with Crippen LogP contribution in [0.5, 0.6) is 0 Å². The summed E-state index contributed by atoms with van der Waals surface area (Å²) in [5.41, 5.74) is 5.69. The Bertz CT molecular complexity index is 93.7. The average molecular weight is 156 g/mol. The van der Waals surface area contributed by atoms with Gasteiger partial charge in [-0.3, -0.25) is 0 Å². The Balaban J connectivity index is 2.30. The van der Waals surface area contributed by atoms with Crippen molar-refractivity contribution in [2.75, 3.05) is 19.6 Å². The molecule has 2 nitrogen and oxygen atoms in total. The molecule has 1 fully saturated rings. The second kappa shape index (κ2) is 4.73. The molecular weight excluding hydrogens is 136 g/mol. The Morgan fingerprint density at radius 2 is 2.09 bits per heavy atom. The van der Waals surface area contributed by atoms with Crippen LogP contribution < -0.4 is 11.1 Å². The number of hydrogen-bond acceptors (Lipinski definition) is 2. The molecule has 66 valence electrons. The van der Waals surface area contributed by atoms with Gasteiger partial charge in [0.2, 0.25) is 0 Å². The number of hydrogen-bond donors (Lipinski definition) is 2. The van der Waals surface area contributed by atoms with Gasteiger partial charge in [0.15, 0.2) is 0 Å². The quantitative estimate of drug-likeness (QED) is 0.639. The second-order valence-electron chi connectivity index (χ2n) is 3.49. The molecule has 3 N–H and O–H groups in total. The highest BCUT2D eigenvalue weighted by Crippen LogP contribution is 2.23.